The first-order valence-electron chi connectivity index (χ1n) is 9.35. The number of nitrogens with one attached hydrogen (secondary N) is 1. The predicted octanol–water partition coefficient (Wildman–Crippen LogP) is 6.01. The molecule has 2 amide bonds. The lowest BCUT2D eigenvalue weighted by Gasteiger charge is -2.17. The van der Waals surface area contributed by atoms with Crippen molar-refractivity contribution in [3.63, 3.8) is 0 Å². The van der Waals surface area contributed by atoms with Gasteiger partial charge in [0.1, 0.15) is 5.70 Å². The monoisotopic (exact) mass is 436 g/mol. The van der Waals surface area contributed by atoms with Gasteiger partial charge in [-0.1, -0.05) is 77.3 Å². The molecule has 0 spiro atoms. The summed E-state index contributed by atoms with van der Waals surface area (Å²) in [6, 6.07) is 19.9. The van der Waals surface area contributed by atoms with Gasteiger partial charge in [0.2, 0.25) is 0 Å². The van der Waals surface area contributed by atoms with Crippen LogP contribution in [-0.4, -0.2) is 11.8 Å². The van der Waals surface area contributed by atoms with Gasteiger partial charge in [0.25, 0.3) is 11.8 Å². The van der Waals surface area contributed by atoms with Crippen molar-refractivity contribution in [1.82, 2.24) is 0 Å². The molecule has 0 unspecified atom stereocenters. The maximum atomic E-state index is 13.5. The lowest BCUT2D eigenvalue weighted by Crippen LogP contribution is -2.32. The van der Waals surface area contributed by atoms with Gasteiger partial charge in [0, 0.05) is 5.69 Å². The minimum Gasteiger partial charge on any atom is -0.350 e. The summed E-state index contributed by atoms with van der Waals surface area (Å²) in [7, 11) is 0. The Balaban J connectivity index is 1.87. The standard InChI is InChI=1S/C24H18Cl2N2O2/c1-14-10-12-16(13-11-14)20-22(27-18-8-4-3-6-15(18)2)24(30)28(23(20)29)19-9-5-7-17(25)21(19)26/h3-13,27H,1-2H3. The van der Waals surface area contributed by atoms with Crippen molar-refractivity contribution in [2.45, 2.75) is 13.8 Å². The van der Waals surface area contributed by atoms with Crippen molar-refractivity contribution in [2.75, 3.05) is 10.2 Å². The van der Waals surface area contributed by atoms with Crippen LogP contribution in [0.5, 0.6) is 0 Å². The molecule has 150 valence electrons. The largest absolute Gasteiger partial charge is 0.350 e. The lowest BCUT2D eigenvalue weighted by atomic mass is 10.0. The number of imide groups is 1. The van der Waals surface area contributed by atoms with Crippen molar-refractivity contribution in [1.29, 1.82) is 0 Å². The topological polar surface area (TPSA) is 49.4 Å². The molecular formula is C24H18Cl2N2O2. The molecule has 0 atom stereocenters. The van der Waals surface area contributed by atoms with Crippen LogP contribution >= 0.6 is 23.2 Å². The third kappa shape index (κ3) is 3.49. The fraction of sp³-hybridized carbons (Fsp3) is 0.0833. The van der Waals surface area contributed by atoms with Gasteiger partial charge in [-0.25, -0.2) is 4.90 Å². The summed E-state index contributed by atoms with van der Waals surface area (Å²) in [5.41, 5.74) is 4.15. The summed E-state index contributed by atoms with van der Waals surface area (Å²) >= 11 is 12.5. The molecule has 3 aromatic rings. The Morgan fingerprint density at radius 3 is 2.20 bits per heavy atom. The average molecular weight is 437 g/mol. The van der Waals surface area contributed by atoms with Gasteiger partial charge < -0.3 is 5.32 Å². The van der Waals surface area contributed by atoms with E-state index in [2.05, 4.69) is 5.32 Å². The first-order chi connectivity index (χ1) is 14.4. The number of hydrogen-bond acceptors (Lipinski definition) is 3. The van der Waals surface area contributed by atoms with Crippen LogP contribution in [0.1, 0.15) is 16.7 Å². The molecule has 0 fully saturated rings. The fourth-order valence-electron chi connectivity index (χ4n) is 3.37. The first kappa shape index (κ1) is 20.2. The summed E-state index contributed by atoms with van der Waals surface area (Å²) < 4.78 is 0. The minimum absolute atomic E-state index is 0.154. The van der Waals surface area contributed by atoms with Crippen molar-refractivity contribution >= 4 is 52.0 Å². The lowest BCUT2D eigenvalue weighted by molar-refractivity contribution is -0.120. The van der Waals surface area contributed by atoms with Crippen LogP contribution in [0.3, 0.4) is 0 Å². The molecule has 0 radical (unpaired) electrons. The summed E-state index contributed by atoms with van der Waals surface area (Å²) in [4.78, 5) is 28.0. The molecule has 4 rings (SSSR count). The van der Waals surface area contributed by atoms with Gasteiger partial charge in [-0.15, -0.1) is 0 Å². The Morgan fingerprint density at radius 2 is 1.50 bits per heavy atom. The number of hydrogen-bond donors (Lipinski definition) is 1. The summed E-state index contributed by atoms with van der Waals surface area (Å²) in [6.45, 7) is 3.89. The van der Waals surface area contributed by atoms with Gasteiger partial charge in [-0.3, -0.25) is 9.59 Å². The Morgan fingerprint density at radius 1 is 0.800 bits per heavy atom. The average Bonchev–Trinajstić information content (AvgIpc) is 2.96. The van der Waals surface area contributed by atoms with E-state index in [1.54, 1.807) is 18.2 Å². The maximum Gasteiger partial charge on any atom is 0.282 e. The zero-order valence-electron chi connectivity index (χ0n) is 16.4. The highest BCUT2D eigenvalue weighted by molar-refractivity contribution is 6.50. The highest BCUT2D eigenvalue weighted by atomic mass is 35.5. The van der Waals surface area contributed by atoms with Crippen LogP contribution in [0.4, 0.5) is 11.4 Å². The van der Waals surface area contributed by atoms with Crippen molar-refractivity contribution in [2.24, 2.45) is 0 Å². The highest BCUT2D eigenvalue weighted by Gasteiger charge is 2.41. The molecular weight excluding hydrogens is 419 g/mol. The van der Waals surface area contributed by atoms with Gasteiger partial charge in [-0.05, 0) is 43.2 Å². The molecule has 4 nitrogen and oxygen atoms in total. The van der Waals surface area contributed by atoms with Gasteiger partial charge in [-0.2, -0.15) is 0 Å². The summed E-state index contributed by atoms with van der Waals surface area (Å²) in [6.07, 6.45) is 0. The predicted molar refractivity (Wildman–Crippen MR) is 122 cm³/mol. The second kappa shape index (κ2) is 7.98. The maximum absolute atomic E-state index is 13.5. The molecule has 1 aliphatic rings. The summed E-state index contributed by atoms with van der Waals surface area (Å²) in [5.74, 6) is -0.938. The van der Waals surface area contributed by atoms with Crippen LogP contribution in [0.2, 0.25) is 10.0 Å². The molecule has 0 saturated heterocycles. The van der Waals surface area contributed by atoms with E-state index in [1.807, 2.05) is 62.4 Å². The third-order valence-electron chi connectivity index (χ3n) is 5.00. The van der Waals surface area contributed by atoms with E-state index in [-0.39, 0.29) is 21.4 Å². The van der Waals surface area contributed by atoms with E-state index in [0.717, 1.165) is 21.7 Å². The van der Waals surface area contributed by atoms with Crippen LogP contribution in [0.25, 0.3) is 5.57 Å². The molecule has 1 N–H and O–H groups in total. The normalized spacial score (nSPS) is 13.9. The van der Waals surface area contributed by atoms with Crippen molar-refractivity contribution < 1.29 is 9.59 Å². The number of carbonyl (C=O) groups excluding carboxylic acids is 2. The molecule has 0 aromatic heterocycles. The van der Waals surface area contributed by atoms with E-state index in [4.69, 9.17) is 23.2 Å². The molecule has 1 heterocycles. The van der Waals surface area contributed by atoms with Gasteiger partial charge in [0.05, 0.1) is 21.3 Å². The SMILES string of the molecule is Cc1ccc(C2=C(Nc3ccccc3C)C(=O)N(c3cccc(Cl)c3Cl)C2=O)cc1. The molecule has 0 aliphatic carbocycles. The van der Waals surface area contributed by atoms with E-state index in [9.17, 15) is 9.59 Å². The van der Waals surface area contributed by atoms with Gasteiger partial charge >= 0.3 is 0 Å². The quantitative estimate of drug-likeness (QED) is 0.509. The van der Waals surface area contributed by atoms with Crippen LogP contribution in [0, 0.1) is 13.8 Å². The highest BCUT2D eigenvalue weighted by Crippen LogP contribution is 2.39. The molecule has 6 heteroatoms. The number of para-hydroxylation sites is 1. The number of halogens is 2. The van der Waals surface area contributed by atoms with E-state index in [1.165, 1.54) is 0 Å². The zero-order chi connectivity index (χ0) is 21.4. The molecule has 1 aliphatic heterocycles. The Kier molecular flexibility index (Phi) is 5.37. The molecule has 3 aromatic carbocycles. The molecule has 0 bridgehead atoms. The number of amides is 2. The van der Waals surface area contributed by atoms with Crippen molar-refractivity contribution in [3.8, 4) is 0 Å². The summed E-state index contributed by atoms with van der Waals surface area (Å²) in [5, 5.41) is 3.60. The van der Waals surface area contributed by atoms with Crippen molar-refractivity contribution in [3.05, 3.63) is 99.2 Å². The van der Waals surface area contributed by atoms with E-state index >= 15 is 0 Å². The Bertz CT molecular complexity index is 1200. The number of anilines is 2. The minimum atomic E-state index is -0.483. The Labute approximate surface area is 184 Å². The fourth-order valence-corrected chi connectivity index (χ4v) is 3.75. The van der Waals surface area contributed by atoms with Crippen LogP contribution in [0.15, 0.2) is 72.4 Å². The van der Waals surface area contributed by atoms with Crippen LogP contribution < -0.4 is 10.2 Å². The van der Waals surface area contributed by atoms with E-state index < -0.39 is 11.8 Å². The number of nitrogens with zero attached hydrogens (tertiary/aromatic N) is 1. The number of aryl methyl sites for hydroxylation is 2. The van der Waals surface area contributed by atoms with Crippen LogP contribution in [-0.2, 0) is 9.59 Å². The second-order valence-corrected chi connectivity index (χ2v) is 7.86. The third-order valence-corrected chi connectivity index (χ3v) is 5.81. The number of rotatable bonds is 4. The van der Waals surface area contributed by atoms with Gasteiger partial charge in [0.15, 0.2) is 0 Å². The number of carbonyl (C=O) groups is 2. The first-order valence-corrected chi connectivity index (χ1v) is 10.1. The Hall–Kier alpha value is -3.08. The molecule has 30 heavy (non-hydrogen) atoms. The zero-order valence-corrected chi connectivity index (χ0v) is 17.9. The number of benzene rings is 3. The smallest absolute Gasteiger partial charge is 0.282 e. The molecule has 0 saturated carbocycles. The second-order valence-electron chi connectivity index (χ2n) is 7.07. The van der Waals surface area contributed by atoms with E-state index in [0.29, 0.717) is 11.1 Å².